The normalized spacial score (nSPS) is 11.0. The van der Waals surface area contributed by atoms with Crippen LogP contribution in [0.1, 0.15) is 26.9 Å². The Bertz CT molecular complexity index is 1130. The van der Waals surface area contributed by atoms with Crippen LogP contribution in [-0.2, 0) is 19.5 Å². The number of nitrogens with zero attached hydrogens (tertiary/aromatic N) is 3. The number of hydrogen-bond acceptors (Lipinski definition) is 6. The quantitative estimate of drug-likeness (QED) is 0.352. The molecule has 7 nitrogen and oxygen atoms in total. The number of thiazole rings is 1. The number of amides is 1. The summed E-state index contributed by atoms with van der Waals surface area (Å²) < 4.78 is 0. The summed E-state index contributed by atoms with van der Waals surface area (Å²) in [5, 5.41) is 9.12. The Labute approximate surface area is 185 Å². The largest absolute Gasteiger partial charge is 0.377 e. The highest BCUT2D eigenvalue weighted by atomic mass is 32.1. The maximum absolute atomic E-state index is 12.5. The Hall–Kier alpha value is -3.23. The SMILES string of the molecule is CN(C)c1ccccc1CNC(=O)c1csc(CCNCc2nc3ccccc3[nH]2)n1. The maximum atomic E-state index is 12.5. The Kier molecular flexibility index (Phi) is 6.59. The molecule has 0 saturated carbocycles. The van der Waals surface area contributed by atoms with Crippen LogP contribution < -0.4 is 15.5 Å². The van der Waals surface area contributed by atoms with Crippen molar-refractivity contribution in [3.05, 3.63) is 76.0 Å². The van der Waals surface area contributed by atoms with Gasteiger partial charge in [0.1, 0.15) is 11.5 Å². The lowest BCUT2D eigenvalue weighted by Crippen LogP contribution is -2.24. The maximum Gasteiger partial charge on any atom is 0.271 e. The van der Waals surface area contributed by atoms with Crippen LogP contribution in [0.2, 0.25) is 0 Å². The minimum absolute atomic E-state index is 0.147. The highest BCUT2D eigenvalue weighted by Crippen LogP contribution is 2.18. The number of H-pyrrole nitrogens is 1. The van der Waals surface area contributed by atoms with Gasteiger partial charge in [0, 0.05) is 44.7 Å². The number of para-hydroxylation sites is 3. The topological polar surface area (TPSA) is 85.9 Å². The first-order valence-electron chi connectivity index (χ1n) is 10.2. The van der Waals surface area contributed by atoms with Crippen molar-refractivity contribution in [1.29, 1.82) is 0 Å². The van der Waals surface area contributed by atoms with Gasteiger partial charge in [-0.3, -0.25) is 4.79 Å². The molecule has 31 heavy (non-hydrogen) atoms. The molecule has 160 valence electrons. The summed E-state index contributed by atoms with van der Waals surface area (Å²) in [5.74, 6) is 0.768. The van der Waals surface area contributed by atoms with Gasteiger partial charge in [0.05, 0.1) is 22.6 Å². The van der Waals surface area contributed by atoms with Crippen molar-refractivity contribution in [3.8, 4) is 0 Å². The number of fused-ring (bicyclic) bond motifs is 1. The number of anilines is 1. The van der Waals surface area contributed by atoms with Gasteiger partial charge in [-0.25, -0.2) is 9.97 Å². The van der Waals surface area contributed by atoms with Crippen LogP contribution in [0.25, 0.3) is 11.0 Å². The molecular formula is C23H26N6OS. The fourth-order valence-corrected chi connectivity index (χ4v) is 4.16. The van der Waals surface area contributed by atoms with Gasteiger partial charge in [0.25, 0.3) is 5.91 Å². The van der Waals surface area contributed by atoms with E-state index in [4.69, 9.17) is 0 Å². The van der Waals surface area contributed by atoms with Crippen LogP contribution in [0, 0.1) is 0 Å². The van der Waals surface area contributed by atoms with E-state index in [0.29, 0.717) is 18.8 Å². The van der Waals surface area contributed by atoms with Gasteiger partial charge < -0.3 is 20.5 Å². The van der Waals surface area contributed by atoms with Crippen LogP contribution in [-0.4, -0.2) is 41.5 Å². The molecule has 3 N–H and O–H groups in total. The predicted molar refractivity (Wildman–Crippen MR) is 126 cm³/mol. The van der Waals surface area contributed by atoms with E-state index in [1.807, 2.05) is 72.9 Å². The average Bonchev–Trinajstić information content (AvgIpc) is 3.42. The zero-order chi connectivity index (χ0) is 21.6. The average molecular weight is 435 g/mol. The van der Waals surface area contributed by atoms with Gasteiger partial charge in [-0.1, -0.05) is 30.3 Å². The van der Waals surface area contributed by atoms with Crippen molar-refractivity contribution in [2.45, 2.75) is 19.5 Å². The summed E-state index contributed by atoms with van der Waals surface area (Å²) >= 11 is 1.51. The van der Waals surface area contributed by atoms with Gasteiger partial charge in [0.15, 0.2) is 0 Å². The summed E-state index contributed by atoms with van der Waals surface area (Å²) in [5.41, 5.74) is 4.66. The van der Waals surface area contributed by atoms with E-state index in [1.165, 1.54) is 11.3 Å². The Morgan fingerprint density at radius 1 is 1.06 bits per heavy atom. The second-order valence-electron chi connectivity index (χ2n) is 7.46. The molecule has 8 heteroatoms. The second-order valence-corrected chi connectivity index (χ2v) is 8.40. The molecule has 1 amide bonds. The standard InChI is InChI=1S/C23H26N6OS/c1-29(2)20-10-6-3-7-16(20)13-25-23(30)19-15-31-22(28-19)11-12-24-14-21-26-17-8-4-5-9-18(17)27-21/h3-10,15,24H,11-14H2,1-2H3,(H,25,30)(H,26,27). The molecule has 2 aromatic carbocycles. The Morgan fingerprint density at radius 3 is 2.71 bits per heavy atom. The van der Waals surface area contributed by atoms with E-state index in [2.05, 4.69) is 25.6 Å². The summed E-state index contributed by atoms with van der Waals surface area (Å²) in [7, 11) is 3.99. The highest BCUT2D eigenvalue weighted by Gasteiger charge is 2.12. The van der Waals surface area contributed by atoms with Crippen molar-refractivity contribution in [3.63, 3.8) is 0 Å². The zero-order valence-corrected chi connectivity index (χ0v) is 18.5. The predicted octanol–water partition coefficient (Wildman–Crippen LogP) is 3.35. The number of nitrogens with one attached hydrogen (secondary N) is 3. The fraction of sp³-hybridized carbons (Fsp3) is 0.261. The molecule has 0 atom stereocenters. The minimum Gasteiger partial charge on any atom is -0.377 e. The first-order chi connectivity index (χ1) is 15.1. The third-order valence-corrected chi connectivity index (χ3v) is 5.85. The number of aromatic amines is 1. The summed E-state index contributed by atoms with van der Waals surface area (Å²) in [6.07, 6.45) is 0.766. The molecule has 0 saturated heterocycles. The minimum atomic E-state index is -0.147. The third-order valence-electron chi connectivity index (χ3n) is 4.94. The van der Waals surface area contributed by atoms with E-state index in [9.17, 15) is 4.79 Å². The lowest BCUT2D eigenvalue weighted by Gasteiger charge is -2.17. The number of benzene rings is 2. The Balaban J connectivity index is 1.24. The summed E-state index contributed by atoms with van der Waals surface area (Å²) in [6.45, 7) is 1.90. The number of carbonyl (C=O) groups excluding carboxylic acids is 1. The Morgan fingerprint density at radius 2 is 1.87 bits per heavy atom. The van der Waals surface area contributed by atoms with Crippen molar-refractivity contribution in [2.24, 2.45) is 0 Å². The number of rotatable bonds is 9. The van der Waals surface area contributed by atoms with Crippen LogP contribution in [0.3, 0.4) is 0 Å². The van der Waals surface area contributed by atoms with Crippen LogP contribution in [0.5, 0.6) is 0 Å². The molecular weight excluding hydrogens is 408 g/mol. The number of hydrogen-bond donors (Lipinski definition) is 3. The monoisotopic (exact) mass is 434 g/mol. The smallest absolute Gasteiger partial charge is 0.271 e. The van der Waals surface area contributed by atoms with E-state index in [-0.39, 0.29) is 5.91 Å². The van der Waals surface area contributed by atoms with Crippen LogP contribution >= 0.6 is 11.3 Å². The summed E-state index contributed by atoms with van der Waals surface area (Å²) in [6, 6.07) is 16.0. The van der Waals surface area contributed by atoms with Crippen molar-refractivity contribution < 1.29 is 4.79 Å². The molecule has 2 heterocycles. The van der Waals surface area contributed by atoms with Gasteiger partial charge in [-0.05, 0) is 23.8 Å². The molecule has 4 aromatic rings. The van der Waals surface area contributed by atoms with E-state index in [0.717, 1.165) is 46.1 Å². The van der Waals surface area contributed by atoms with E-state index >= 15 is 0 Å². The van der Waals surface area contributed by atoms with E-state index < -0.39 is 0 Å². The first kappa shape index (κ1) is 21.0. The third kappa shape index (κ3) is 5.28. The van der Waals surface area contributed by atoms with Gasteiger partial charge in [0.2, 0.25) is 0 Å². The number of aromatic nitrogens is 3. The fourth-order valence-electron chi connectivity index (χ4n) is 3.38. The van der Waals surface area contributed by atoms with Crippen molar-refractivity contribution in [1.82, 2.24) is 25.6 Å². The van der Waals surface area contributed by atoms with Crippen molar-refractivity contribution >= 4 is 34.0 Å². The molecule has 2 aromatic heterocycles. The number of carbonyl (C=O) groups is 1. The molecule has 0 bridgehead atoms. The molecule has 0 radical (unpaired) electrons. The molecule has 0 fully saturated rings. The van der Waals surface area contributed by atoms with E-state index in [1.54, 1.807) is 0 Å². The first-order valence-corrected chi connectivity index (χ1v) is 11.1. The second kappa shape index (κ2) is 9.72. The molecule has 4 rings (SSSR count). The molecule has 0 spiro atoms. The highest BCUT2D eigenvalue weighted by molar-refractivity contribution is 7.09. The van der Waals surface area contributed by atoms with Gasteiger partial charge in [-0.15, -0.1) is 11.3 Å². The molecule has 0 unspecified atom stereocenters. The van der Waals surface area contributed by atoms with Crippen molar-refractivity contribution in [2.75, 3.05) is 25.5 Å². The van der Waals surface area contributed by atoms with Crippen LogP contribution in [0.15, 0.2) is 53.9 Å². The number of imidazole rings is 1. The lowest BCUT2D eigenvalue weighted by atomic mass is 10.1. The summed E-state index contributed by atoms with van der Waals surface area (Å²) in [4.78, 5) is 26.9. The van der Waals surface area contributed by atoms with Gasteiger partial charge >= 0.3 is 0 Å². The lowest BCUT2D eigenvalue weighted by molar-refractivity contribution is 0.0946. The molecule has 0 aliphatic carbocycles. The zero-order valence-electron chi connectivity index (χ0n) is 17.7. The van der Waals surface area contributed by atoms with Gasteiger partial charge in [-0.2, -0.15) is 0 Å². The van der Waals surface area contributed by atoms with Crippen LogP contribution in [0.4, 0.5) is 5.69 Å². The molecule has 0 aliphatic rings. The molecule has 0 aliphatic heterocycles.